The van der Waals surface area contributed by atoms with Crippen LogP contribution in [0.5, 0.6) is 34.5 Å². The molecule has 266 valence electrons. The molecule has 0 radical (unpaired) electrons. The van der Waals surface area contributed by atoms with Gasteiger partial charge in [0, 0.05) is 34.0 Å². The van der Waals surface area contributed by atoms with Gasteiger partial charge in [0.2, 0.25) is 0 Å². The SMILES string of the molecule is CCC.CCC[C@H](C)COc1cc(-c2c3c4cc(OC)c(OC(C)C)cc4oc(=O)c3n3ccc4cc(OC)c(OC)cc4c23)ccc1OC. The molecule has 6 aromatic rings. The van der Waals surface area contributed by atoms with E-state index in [9.17, 15) is 4.79 Å². The summed E-state index contributed by atoms with van der Waals surface area (Å²) >= 11 is 0. The molecule has 3 aromatic carbocycles. The number of hydrogen-bond acceptors (Lipinski definition) is 8. The van der Waals surface area contributed by atoms with Crippen molar-refractivity contribution in [3.63, 3.8) is 0 Å². The second kappa shape index (κ2) is 15.7. The molecular formula is C41H49NO8. The van der Waals surface area contributed by atoms with Crippen molar-refractivity contribution in [2.45, 2.75) is 66.9 Å². The molecule has 3 aromatic heterocycles. The molecule has 3 heterocycles. The smallest absolute Gasteiger partial charge is 0.361 e. The highest BCUT2D eigenvalue weighted by molar-refractivity contribution is 6.22. The predicted octanol–water partition coefficient (Wildman–Crippen LogP) is 10.1. The van der Waals surface area contributed by atoms with Crippen LogP contribution in [0.2, 0.25) is 0 Å². The van der Waals surface area contributed by atoms with Crippen LogP contribution >= 0.6 is 0 Å². The summed E-state index contributed by atoms with van der Waals surface area (Å²) in [6.07, 6.45) is 5.16. The van der Waals surface area contributed by atoms with Gasteiger partial charge in [-0.2, -0.15) is 0 Å². The first-order valence-electron chi connectivity index (χ1n) is 17.3. The first-order chi connectivity index (χ1) is 24.1. The maximum absolute atomic E-state index is 14.0. The fraction of sp³-hybridized carbons (Fsp3) is 0.390. The van der Waals surface area contributed by atoms with E-state index in [0.717, 1.165) is 40.3 Å². The minimum absolute atomic E-state index is 0.111. The zero-order valence-corrected chi connectivity index (χ0v) is 30.9. The molecule has 0 saturated carbocycles. The normalized spacial score (nSPS) is 11.9. The number of ether oxygens (including phenoxy) is 6. The van der Waals surface area contributed by atoms with Crippen molar-refractivity contribution in [1.82, 2.24) is 4.40 Å². The number of hydrogen-bond donors (Lipinski definition) is 0. The van der Waals surface area contributed by atoms with Crippen LogP contribution < -0.4 is 34.0 Å². The van der Waals surface area contributed by atoms with Crippen LogP contribution in [0.25, 0.3) is 49.3 Å². The van der Waals surface area contributed by atoms with Gasteiger partial charge < -0.3 is 37.2 Å². The van der Waals surface area contributed by atoms with Gasteiger partial charge in [0.15, 0.2) is 34.5 Å². The third-order valence-electron chi connectivity index (χ3n) is 8.47. The van der Waals surface area contributed by atoms with Crippen LogP contribution in [0.15, 0.2) is 63.9 Å². The number of aromatic nitrogens is 1. The van der Waals surface area contributed by atoms with Crippen molar-refractivity contribution in [2.24, 2.45) is 5.92 Å². The quantitative estimate of drug-likeness (QED) is 0.118. The van der Waals surface area contributed by atoms with E-state index in [4.69, 9.17) is 32.8 Å². The highest BCUT2D eigenvalue weighted by atomic mass is 16.5. The van der Waals surface area contributed by atoms with Gasteiger partial charge in [0.1, 0.15) is 11.1 Å². The molecule has 0 aliphatic heterocycles. The zero-order chi connectivity index (χ0) is 36.1. The summed E-state index contributed by atoms with van der Waals surface area (Å²) in [4.78, 5) is 14.0. The third-order valence-corrected chi connectivity index (χ3v) is 8.47. The van der Waals surface area contributed by atoms with E-state index >= 15 is 0 Å². The minimum atomic E-state index is -0.479. The first-order valence-corrected chi connectivity index (χ1v) is 17.3. The van der Waals surface area contributed by atoms with Gasteiger partial charge in [0.25, 0.3) is 0 Å². The van der Waals surface area contributed by atoms with Gasteiger partial charge in [-0.05, 0) is 73.5 Å². The van der Waals surface area contributed by atoms with Crippen LogP contribution in [-0.4, -0.2) is 45.6 Å². The summed E-state index contributed by atoms with van der Waals surface area (Å²) in [5.41, 5.74) is 2.77. The minimum Gasteiger partial charge on any atom is -0.493 e. The summed E-state index contributed by atoms with van der Waals surface area (Å²) in [5, 5.41) is 3.19. The van der Waals surface area contributed by atoms with E-state index < -0.39 is 5.63 Å². The van der Waals surface area contributed by atoms with E-state index in [1.807, 2.05) is 66.9 Å². The summed E-state index contributed by atoms with van der Waals surface area (Å²) in [6.45, 7) is 13.0. The Morgan fingerprint density at radius 2 is 1.36 bits per heavy atom. The van der Waals surface area contributed by atoms with Crippen LogP contribution in [0.3, 0.4) is 0 Å². The largest absolute Gasteiger partial charge is 0.493 e. The van der Waals surface area contributed by atoms with Crippen molar-refractivity contribution in [2.75, 3.05) is 35.0 Å². The molecular weight excluding hydrogens is 634 g/mol. The molecule has 0 aliphatic rings. The highest BCUT2D eigenvalue weighted by Gasteiger charge is 2.25. The third kappa shape index (κ3) is 6.86. The van der Waals surface area contributed by atoms with Crippen molar-refractivity contribution >= 4 is 38.2 Å². The summed E-state index contributed by atoms with van der Waals surface area (Å²) in [5.74, 6) is 3.83. The Bertz CT molecular complexity index is 2180. The fourth-order valence-corrected chi connectivity index (χ4v) is 6.37. The monoisotopic (exact) mass is 683 g/mol. The van der Waals surface area contributed by atoms with Crippen molar-refractivity contribution < 1.29 is 32.8 Å². The second-order valence-electron chi connectivity index (χ2n) is 12.8. The molecule has 0 saturated heterocycles. The standard InChI is InChI=1S/C38H41NO8.C3H8/c1-9-10-22(4)20-45-32-16-24(11-12-27(32)41-5)34-35-26-18-31(44-8)33(46-21(2)3)19-28(26)47-38(40)37(35)39-14-13-23-15-29(42-6)30(43-7)17-25(23)36(34)39;1-3-2/h11-19,21-22H,9-10,20H2,1-8H3;3H2,1-2H3/t22-;/m0./s1. The lowest BCUT2D eigenvalue weighted by atomic mass is 9.97. The van der Waals surface area contributed by atoms with E-state index in [-0.39, 0.29) is 6.10 Å². The average molecular weight is 684 g/mol. The number of fused-ring (bicyclic) bond motifs is 7. The van der Waals surface area contributed by atoms with E-state index in [2.05, 4.69) is 27.7 Å². The Morgan fingerprint density at radius 3 is 2.00 bits per heavy atom. The number of methoxy groups -OCH3 is 4. The summed E-state index contributed by atoms with van der Waals surface area (Å²) in [6, 6.07) is 15.3. The van der Waals surface area contributed by atoms with Crippen molar-refractivity contribution in [1.29, 1.82) is 0 Å². The van der Waals surface area contributed by atoms with Gasteiger partial charge in [0.05, 0.1) is 46.7 Å². The van der Waals surface area contributed by atoms with Crippen LogP contribution in [0, 0.1) is 5.92 Å². The van der Waals surface area contributed by atoms with Gasteiger partial charge >= 0.3 is 5.63 Å². The Hall–Kier alpha value is -5.05. The summed E-state index contributed by atoms with van der Waals surface area (Å²) in [7, 11) is 6.45. The van der Waals surface area contributed by atoms with Gasteiger partial charge in [-0.1, -0.05) is 46.6 Å². The van der Waals surface area contributed by atoms with Crippen molar-refractivity contribution in [3.8, 4) is 45.6 Å². The van der Waals surface area contributed by atoms with E-state index in [1.54, 1.807) is 34.5 Å². The molecule has 0 fully saturated rings. The molecule has 0 aliphatic carbocycles. The summed E-state index contributed by atoms with van der Waals surface area (Å²) < 4.78 is 43.1. The van der Waals surface area contributed by atoms with Gasteiger partial charge in [-0.25, -0.2) is 4.79 Å². The highest BCUT2D eigenvalue weighted by Crippen LogP contribution is 2.46. The molecule has 6 rings (SSSR count). The first kappa shape index (κ1) is 36.2. The second-order valence-corrected chi connectivity index (χ2v) is 12.8. The van der Waals surface area contributed by atoms with Gasteiger partial charge in [-0.3, -0.25) is 0 Å². The maximum atomic E-state index is 14.0. The molecule has 50 heavy (non-hydrogen) atoms. The molecule has 9 heteroatoms. The van der Waals surface area contributed by atoms with Crippen molar-refractivity contribution in [3.05, 3.63) is 65.1 Å². The Labute approximate surface area is 293 Å². The lowest BCUT2D eigenvalue weighted by Gasteiger charge is -2.16. The van der Waals surface area contributed by atoms with Gasteiger partial charge in [-0.15, -0.1) is 0 Å². The van der Waals surface area contributed by atoms with Crippen LogP contribution in [-0.2, 0) is 0 Å². The molecule has 1 atom stereocenters. The maximum Gasteiger partial charge on any atom is 0.361 e. The Kier molecular flexibility index (Phi) is 11.3. The zero-order valence-electron chi connectivity index (χ0n) is 30.9. The Balaban J connectivity index is 0.00000156. The number of benzene rings is 3. The topological polar surface area (TPSA) is 90.0 Å². The van der Waals surface area contributed by atoms with Crippen LogP contribution in [0.4, 0.5) is 0 Å². The fourth-order valence-electron chi connectivity index (χ4n) is 6.37. The molecule has 9 nitrogen and oxygen atoms in total. The number of pyridine rings is 1. The molecule has 0 bridgehead atoms. The van der Waals surface area contributed by atoms with E-state index in [1.165, 1.54) is 6.42 Å². The number of nitrogens with zero attached hydrogens (tertiary/aromatic N) is 1. The van der Waals surface area contributed by atoms with Crippen LogP contribution in [0.1, 0.15) is 60.8 Å². The molecule has 0 amide bonds. The lowest BCUT2D eigenvalue weighted by Crippen LogP contribution is -2.09. The molecule has 0 unspecified atom stereocenters. The Morgan fingerprint density at radius 1 is 0.720 bits per heavy atom. The number of rotatable bonds is 12. The molecule has 0 N–H and O–H groups in total. The average Bonchev–Trinajstić information content (AvgIpc) is 3.46. The van der Waals surface area contributed by atoms with E-state index in [0.29, 0.717) is 68.9 Å². The lowest BCUT2D eigenvalue weighted by molar-refractivity contribution is 0.230. The molecule has 0 spiro atoms. The predicted molar refractivity (Wildman–Crippen MR) is 201 cm³/mol.